The number of hydrogen-bond donors (Lipinski definition) is 3. The lowest BCUT2D eigenvalue weighted by atomic mass is 9.88. The molecule has 11 heteroatoms. The molecule has 3 N–H and O–H groups in total. The lowest BCUT2D eigenvalue weighted by molar-refractivity contribution is -0.192. The summed E-state index contributed by atoms with van der Waals surface area (Å²) in [6.07, 6.45) is 3.02. The maximum absolute atomic E-state index is 10.6. The van der Waals surface area contributed by atoms with E-state index in [0.29, 0.717) is 0 Å². The average molecular weight is 474 g/mol. The van der Waals surface area contributed by atoms with Gasteiger partial charge in [0.05, 0.1) is 17.3 Å². The van der Waals surface area contributed by atoms with Crippen molar-refractivity contribution in [3.8, 4) is 22.5 Å². The second-order valence-electron chi connectivity index (χ2n) is 8.30. The molecule has 3 heterocycles. The summed E-state index contributed by atoms with van der Waals surface area (Å²) in [5.41, 5.74) is 7.32. The zero-order valence-electron chi connectivity index (χ0n) is 18.4. The van der Waals surface area contributed by atoms with E-state index < -0.39 is 12.1 Å². The Hall–Kier alpha value is -3.34. The fourth-order valence-corrected chi connectivity index (χ4v) is 4.54. The monoisotopic (exact) mass is 474 g/mol. The first kappa shape index (κ1) is 23.8. The molecule has 2 aromatic heterocycles. The zero-order chi connectivity index (χ0) is 24.1. The molecule has 1 atom stereocenters. The molecule has 1 aliphatic carbocycles. The van der Waals surface area contributed by atoms with E-state index >= 15 is 0 Å². The first-order chi connectivity index (χ1) is 16.4. The maximum Gasteiger partial charge on any atom is 0.490 e. The molecule has 1 fully saturated rings. The number of benzene rings is 1. The van der Waals surface area contributed by atoms with Gasteiger partial charge in [0.2, 0.25) is 0 Å². The van der Waals surface area contributed by atoms with Gasteiger partial charge in [-0.2, -0.15) is 13.2 Å². The Morgan fingerprint density at radius 3 is 2.38 bits per heavy atom. The van der Waals surface area contributed by atoms with E-state index in [9.17, 15) is 13.2 Å². The van der Waals surface area contributed by atoms with E-state index in [-0.39, 0.29) is 6.04 Å². The van der Waals surface area contributed by atoms with Crippen molar-refractivity contribution in [1.29, 1.82) is 0 Å². The van der Waals surface area contributed by atoms with E-state index in [1.54, 1.807) is 0 Å². The second kappa shape index (κ2) is 10.3. The molecule has 0 amide bonds. The molecule has 1 aliphatic heterocycles. The van der Waals surface area contributed by atoms with Crippen LogP contribution in [0.2, 0.25) is 0 Å². The normalized spacial score (nSPS) is 17.9. The van der Waals surface area contributed by atoms with Crippen LogP contribution in [0.1, 0.15) is 55.1 Å². The molecule has 5 rings (SSSR count). The lowest BCUT2D eigenvalue weighted by Crippen LogP contribution is -2.21. The molecule has 1 aromatic carbocycles. The zero-order valence-corrected chi connectivity index (χ0v) is 18.4. The van der Waals surface area contributed by atoms with Crippen LogP contribution in [0.3, 0.4) is 0 Å². The number of hydrogen-bond acceptors (Lipinski definition) is 6. The van der Waals surface area contributed by atoms with E-state index in [1.165, 1.54) is 48.1 Å². The number of fused-ring (bicyclic) bond motifs is 1. The third kappa shape index (κ3) is 5.24. The van der Waals surface area contributed by atoms with Gasteiger partial charge >= 0.3 is 12.1 Å². The number of aromatic nitrogens is 5. The number of rotatable bonds is 3. The highest BCUT2D eigenvalue weighted by atomic mass is 19.4. The molecule has 0 unspecified atom stereocenters. The fourth-order valence-electron chi connectivity index (χ4n) is 4.54. The number of aryl methyl sites for hydroxylation is 1. The summed E-state index contributed by atoms with van der Waals surface area (Å²) in [5, 5.41) is 25.8. The Balaban J connectivity index is 0.000000344. The van der Waals surface area contributed by atoms with E-state index in [2.05, 4.69) is 56.3 Å². The number of tetrazole rings is 1. The summed E-state index contributed by atoms with van der Waals surface area (Å²) < 4.78 is 31.7. The Kier molecular flexibility index (Phi) is 7.20. The molecule has 8 nitrogen and oxygen atoms in total. The summed E-state index contributed by atoms with van der Waals surface area (Å²) in [5.74, 6) is -2.04. The Morgan fingerprint density at radius 2 is 1.76 bits per heavy atom. The van der Waals surface area contributed by atoms with Crippen molar-refractivity contribution in [2.75, 3.05) is 6.54 Å². The molecular weight excluding hydrogens is 449 g/mol. The Bertz CT molecular complexity index is 1110. The van der Waals surface area contributed by atoms with E-state index in [4.69, 9.17) is 14.9 Å². The number of carboxylic acid groups (broad SMARTS) is 1. The number of carboxylic acids is 1. The van der Waals surface area contributed by atoms with Crippen molar-refractivity contribution in [3.05, 3.63) is 47.3 Å². The summed E-state index contributed by atoms with van der Waals surface area (Å²) in [6.45, 7) is 1.04. The van der Waals surface area contributed by atoms with Gasteiger partial charge in [-0.3, -0.25) is 4.98 Å². The van der Waals surface area contributed by atoms with Crippen molar-refractivity contribution in [2.24, 2.45) is 0 Å². The third-order valence-corrected chi connectivity index (χ3v) is 6.03. The number of nitrogens with one attached hydrogen (secondary N) is 2. The van der Waals surface area contributed by atoms with Crippen molar-refractivity contribution < 1.29 is 23.1 Å². The number of nitrogens with zero attached hydrogens (tertiary/aromatic N) is 4. The number of halogens is 3. The van der Waals surface area contributed by atoms with Crippen LogP contribution >= 0.6 is 0 Å². The van der Waals surface area contributed by atoms with Crippen molar-refractivity contribution in [3.63, 3.8) is 0 Å². The van der Waals surface area contributed by atoms with Crippen molar-refractivity contribution in [2.45, 2.75) is 57.2 Å². The van der Waals surface area contributed by atoms with Gasteiger partial charge in [0.25, 0.3) is 0 Å². The molecule has 180 valence electrons. The number of carbonyl (C=O) groups is 1. The van der Waals surface area contributed by atoms with Gasteiger partial charge in [-0.1, -0.05) is 36.8 Å². The van der Waals surface area contributed by atoms with Gasteiger partial charge in [-0.15, -0.1) is 5.10 Å². The highest BCUT2D eigenvalue weighted by Gasteiger charge is 2.38. The summed E-state index contributed by atoms with van der Waals surface area (Å²) in [4.78, 5) is 14.1. The average Bonchev–Trinajstić information content (AvgIpc) is 3.50. The van der Waals surface area contributed by atoms with Crippen molar-refractivity contribution in [1.82, 2.24) is 30.9 Å². The first-order valence-corrected chi connectivity index (χ1v) is 11.2. The number of aromatic amines is 1. The lowest BCUT2D eigenvalue weighted by Gasteiger charge is -2.22. The van der Waals surface area contributed by atoms with Gasteiger partial charge in [-0.05, 0) is 72.2 Å². The quantitative estimate of drug-likeness (QED) is 0.486. The Labute approximate surface area is 194 Å². The molecule has 34 heavy (non-hydrogen) atoms. The maximum atomic E-state index is 10.6. The van der Waals surface area contributed by atoms with E-state index in [0.717, 1.165) is 42.9 Å². The van der Waals surface area contributed by atoms with Gasteiger partial charge in [0.15, 0.2) is 5.82 Å². The molecular formula is C23H25F3N6O2. The third-order valence-electron chi connectivity index (χ3n) is 6.03. The standard InChI is InChI=1S/C21H24N6.C2HF3O2/c1-3-8-14(9-4-1)18-15-10-5-2-6-11-16(15)23-20(17-12-7-13-22-17)19(18)21-24-26-27-25-21;3-2(4,5)1(6)7/h1,3-4,8-9,17,22H,2,5-7,10-13H2,(H,24,25,26,27);(H,6,7)/t17-;/m0./s1. The minimum absolute atomic E-state index is 0.265. The molecule has 3 aromatic rings. The molecule has 2 aliphatic rings. The number of alkyl halides is 3. The Morgan fingerprint density at radius 1 is 1.03 bits per heavy atom. The van der Waals surface area contributed by atoms with Crippen LogP contribution in [-0.2, 0) is 17.6 Å². The summed E-state index contributed by atoms with van der Waals surface area (Å²) in [6, 6.07) is 10.9. The highest BCUT2D eigenvalue weighted by Crippen LogP contribution is 2.42. The number of H-pyrrole nitrogens is 1. The van der Waals surface area contributed by atoms with Crippen molar-refractivity contribution >= 4 is 5.97 Å². The van der Waals surface area contributed by atoms with Crippen LogP contribution in [0.25, 0.3) is 22.5 Å². The predicted molar refractivity (Wildman–Crippen MR) is 118 cm³/mol. The molecule has 0 saturated carbocycles. The van der Waals surface area contributed by atoms with E-state index in [1.807, 2.05) is 0 Å². The summed E-state index contributed by atoms with van der Waals surface area (Å²) >= 11 is 0. The molecule has 0 radical (unpaired) electrons. The van der Waals surface area contributed by atoms with Gasteiger partial charge in [-0.25, -0.2) is 9.89 Å². The number of aliphatic carboxylic acids is 1. The molecule has 0 bridgehead atoms. The minimum Gasteiger partial charge on any atom is -0.475 e. The molecule has 1 saturated heterocycles. The second-order valence-corrected chi connectivity index (χ2v) is 8.30. The predicted octanol–water partition coefficient (Wildman–Crippen LogP) is 4.26. The van der Waals surface area contributed by atoms with Gasteiger partial charge < -0.3 is 10.4 Å². The van der Waals surface area contributed by atoms with Crippen LogP contribution in [-0.4, -0.2) is 49.4 Å². The van der Waals surface area contributed by atoms with Crippen LogP contribution in [0.15, 0.2) is 30.3 Å². The summed E-state index contributed by atoms with van der Waals surface area (Å²) in [7, 11) is 0. The number of pyridine rings is 1. The van der Waals surface area contributed by atoms with Gasteiger partial charge in [0.1, 0.15) is 0 Å². The first-order valence-electron chi connectivity index (χ1n) is 11.2. The smallest absolute Gasteiger partial charge is 0.475 e. The van der Waals surface area contributed by atoms with Gasteiger partial charge in [0, 0.05) is 5.69 Å². The SMILES string of the molecule is O=C(O)C(F)(F)F.c1ccc(-c2c3c(nc([C@@H]4CCCN4)c2-c2nnn[nH]2)CCCCC3)cc1. The minimum atomic E-state index is -5.08. The van der Waals surface area contributed by atoms with Crippen LogP contribution in [0, 0.1) is 0 Å². The fraction of sp³-hybridized carbons (Fsp3) is 0.435. The highest BCUT2D eigenvalue weighted by molar-refractivity contribution is 5.85. The van der Waals surface area contributed by atoms with Crippen LogP contribution in [0.5, 0.6) is 0 Å². The largest absolute Gasteiger partial charge is 0.490 e. The van der Waals surface area contributed by atoms with Crippen LogP contribution in [0.4, 0.5) is 13.2 Å². The molecule has 0 spiro atoms. The topological polar surface area (TPSA) is 117 Å². The van der Waals surface area contributed by atoms with Crippen LogP contribution < -0.4 is 5.32 Å².